The summed E-state index contributed by atoms with van der Waals surface area (Å²) in [5.41, 5.74) is 3.44. The smallest absolute Gasteiger partial charge is 0.345 e. The lowest BCUT2D eigenvalue weighted by atomic mass is 10.2. The second-order valence-electron chi connectivity index (χ2n) is 6.25. The van der Waals surface area contributed by atoms with Crippen molar-refractivity contribution < 1.29 is 19.1 Å². The molecule has 164 valence electrons. The molecule has 3 rings (SSSR count). The SMILES string of the molecule is COc1cc(/C=N/NC(=O)c2ccc(Cl)c(Cl)c2)ccc1OC(=O)c1ccc(Cl)cc1Cl. The Kier molecular flexibility index (Phi) is 7.99. The highest BCUT2D eigenvalue weighted by Crippen LogP contribution is 2.30. The molecule has 0 aliphatic rings. The summed E-state index contributed by atoms with van der Waals surface area (Å²) in [5, 5.41) is 5.09. The lowest BCUT2D eigenvalue weighted by molar-refractivity contribution is 0.0729. The number of nitrogens with zero attached hydrogens (tertiary/aromatic N) is 1. The highest BCUT2D eigenvalue weighted by molar-refractivity contribution is 6.42. The van der Waals surface area contributed by atoms with Crippen LogP contribution in [-0.2, 0) is 0 Å². The zero-order chi connectivity index (χ0) is 23.3. The molecule has 3 aromatic carbocycles. The Morgan fingerprint density at radius 2 is 1.66 bits per heavy atom. The van der Waals surface area contributed by atoms with Crippen LogP contribution in [0.1, 0.15) is 26.3 Å². The number of carbonyl (C=O) groups is 2. The fourth-order valence-corrected chi connectivity index (χ4v) is 3.31. The third-order valence-electron chi connectivity index (χ3n) is 4.10. The minimum absolute atomic E-state index is 0.161. The number of halogens is 4. The zero-order valence-corrected chi connectivity index (χ0v) is 19.4. The summed E-state index contributed by atoms with van der Waals surface area (Å²) >= 11 is 23.7. The third-order valence-corrected chi connectivity index (χ3v) is 5.39. The Hall–Kier alpha value is -2.77. The summed E-state index contributed by atoms with van der Waals surface area (Å²) in [4.78, 5) is 24.6. The van der Waals surface area contributed by atoms with Crippen molar-refractivity contribution in [3.8, 4) is 11.5 Å². The third kappa shape index (κ3) is 5.93. The fraction of sp³-hybridized carbons (Fsp3) is 0.0455. The second-order valence-corrected chi connectivity index (χ2v) is 7.91. The molecule has 0 saturated heterocycles. The summed E-state index contributed by atoms with van der Waals surface area (Å²) in [6, 6.07) is 13.7. The number of carbonyl (C=O) groups excluding carboxylic acids is 2. The summed E-state index contributed by atoms with van der Waals surface area (Å²) < 4.78 is 10.7. The van der Waals surface area contributed by atoms with E-state index < -0.39 is 11.9 Å². The number of rotatable bonds is 6. The molecule has 32 heavy (non-hydrogen) atoms. The number of ether oxygens (including phenoxy) is 2. The minimum Gasteiger partial charge on any atom is -0.493 e. The van der Waals surface area contributed by atoms with Gasteiger partial charge in [-0.25, -0.2) is 10.2 Å². The van der Waals surface area contributed by atoms with Crippen molar-refractivity contribution in [2.75, 3.05) is 7.11 Å². The van der Waals surface area contributed by atoms with E-state index in [0.717, 1.165) is 0 Å². The van der Waals surface area contributed by atoms with Gasteiger partial charge in [0.05, 0.1) is 34.0 Å². The van der Waals surface area contributed by atoms with E-state index in [-0.39, 0.29) is 27.1 Å². The molecule has 0 atom stereocenters. The Morgan fingerprint density at radius 1 is 0.875 bits per heavy atom. The Balaban J connectivity index is 1.69. The van der Waals surface area contributed by atoms with Gasteiger partial charge in [0.15, 0.2) is 11.5 Å². The van der Waals surface area contributed by atoms with Gasteiger partial charge >= 0.3 is 5.97 Å². The van der Waals surface area contributed by atoms with Gasteiger partial charge < -0.3 is 9.47 Å². The topological polar surface area (TPSA) is 77.0 Å². The van der Waals surface area contributed by atoms with E-state index in [1.807, 2.05) is 0 Å². The normalized spacial score (nSPS) is 10.8. The van der Waals surface area contributed by atoms with Crippen molar-refractivity contribution in [1.82, 2.24) is 5.43 Å². The van der Waals surface area contributed by atoms with E-state index >= 15 is 0 Å². The summed E-state index contributed by atoms with van der Waals surface area (Å²) in [5.74, 6) is -0.666. The molecule has 0 spiro atoms. The standard InChI is InChI=1S/C22H14Cl4N2O4/c1-31-20-8-12(11-27-28-21(29)13-3-6-16(24)18(26)9-13)2-7-19(20)32-22(30)15-5-4-14(23)10-17(15)25/h2-11H,1H3,(H,28,29)/b27-11+. The first kappa shape index (κ1) is 23.9. The average molecular weight is 512 g/mol. The molecule has 0 aromatic heterocycles. The molecule has 0 bridgehead atoms. The van der Waals surface area contributed by atoms with Crippen molar-refractivity contribution in [3.63, 3.8) is 0 Å². The molecule has 10 heteroatoms. The molecular formula is C22H14Cl4N2O4. The first-order chi connectivity index (χ1) is 15.3. The number of benzene rings is 3. The number of nitrogens with one attached hydrogen (secondary N) is 1. The molecule has 0 aliphatic carbocycles. The minimum atomic E-state index is -0.666. The first-order valence-corrected chi connectivity index (χ1v) is 10.4. The molecule has 0 aliphatic heterocycles. The predicted molar refractivity (Wildman–Crippen MR) is 126 cm³/mol. The number of hydrazone groups is 1. The van der Waals surface area contributed by atoms with Gasteiger partial charge in [0.25, 0.3) is 5.91 Å². The highest BCUT2D eigenvalue weighted by atomic mass is 35.5. The fourth-order valence-electron chi connectivity index (χ4n) is 2.53. The Labute approximate surface area is 203 Å². The molecule has 0 saturated carbocycles. The second kappa shape index (κ2) is 10.7. The van der Waals surface area contributed by atoms with Crippen molar-refractivity contribution in [1.29, 1.82) is 0 Å². The number of hydrogen-bond acceptors (Lipinski definition) is 5. The zero-order valence-electron chi connectivity index (χ0n) is 16.4. The van der Waals surface area contributed by atoms with E-state index in [1.54, 1.807) is 12.1 Å². The van der Waals surface area contributed by atoms with E-state index in [0.29, 0.717) is 21.2 Å². The predicted octanol–water partition coefficient (Wildman–Crippen LogP) is 6.29. The largest absolute Gasteiger partial charge is 0.493 e. The number of hydrogen-bond donors (Lipinski definition) is 1. The van der Waals surface area contributed by atoms with Crippen LogP contribution in [0.25, 0.3) is 0 Å². The van der Waals surface area contributed by atoms with Crippen LogP contribution in [0.5, 0.6) is 11.5 Å². The van der Waals surface area contributed by atoms with Crippen LogP contribution < -0.4 is 14.9 Å². The Bertz CT molecular complexity index is 1210. The van der Waals surface area contributed by atoms with E-state index in [4.69, 9.17) is 55.9 Å². The van der Waals surface area contributed by atoms with Gasteiger partial charge in [-0.05, 0) is 60.2 Å². The molecule has 3 aromatic rings. The van der Waals surface area contributed by atoms with Crippen molar-refractivity contribution in [2.45, 2.75) is 0 Å². The van der Waals surface area contributed by atoms with Crippen LogP contribution in [0.4, 0.5) is 0 Å². The van der Waals surface area contributed by atoms with Gasteiger partial charge in [-0.1, -0.05) is 46.4 Å². The Morgan fingerprint density at radius 3 is 2.34 bits per heavy atom. The van der Waals surface area contributed by atoms with Crippen LogP contribution in [0, 0.1) is 0 Å². The number of esters is 1. The lowest BCUT2D eigenvalue weighted by Crippen LogP contribution is -2.17. The first-order valence-electron chi connectivity index (χ1n) is 8.92. The van der Waals surface area contributed by atoms with Crippen molar-refractivity contribution in [3.05, 3.63) is 91.4 Å². The molecule has 1 amide bonds. The lowest BCUT2D eigenvalue weighted by Gasteiger charge is -2.10. The maximum Gasteiger partial charge on any atom is 0.345 e. The van der Waals surface area contributed by atoms with Crippen LogP contribution >= 0.6 is 46.4 Å². The van der Waals surface area contributed by atoms with Crippen molar-refractivity contribution in [2.24, 2.45) is 5.10 Å². The number of amides is 1. The molecule has 0 unspecified atom stereocenters. The maximum absolute atomic E-state index is 12.4. The van der Waals surface area contributed by atoms with Crippen molar-refractivity contribution >= 4 is 64.5 Å². The van der Waals surface area contributed by atoms with E-state index in [9.17, 15) is 9.59 Å². The molecule has 6 nitrogen and oxygen atoms in total. The van der Waals surface area contributed by atoms with Gasteiger partial charge in [0.1, 0.15) is 0 Å². The van der Waals surface area contributed by atoms with Crippen LogP contribution in [0.3, 0.4) is 0 Å². The summed E-state index contributed by atoms with van der Waals surface area (Å²) in [7, 11) is 1.43. The van der Waals surface area contributed by atoms with Crippen LogP contribution in [0.2, 0.25) is 20.1 Å². The highest BCUT2D eigenvalue weighted by Gasteiger charge is 2.16. The van der Waals surface area contributed by atoms with E-state index in [1.165, 1.54) is 55.8 Å². The molecule has 1 N–H and O–H groups in total. The molecule has 0 fully saturated rings. The maximum atomic E-state index is 12.4. The van der Waals surface area contributed by atoms with Gasteiger partial charge in [-0.3, -0.25) is 4.79 Å². The number of methoxy groups -OCH3 is 1. The monoisotopic (exact) mass is 510 g/mol. The van der Waals surface area contributed by atoms with Gasteiger partial charge in [-0.15, -0.1) is 0 Å². The van der Waals surface area contributed by atoms with Gasteiger partial charge in [0.2, 0.25) is 0 Å². The van der Waals surface area contributed by atoms with E-state index in [2.05, 4.69) is 10.5 Å². The van der Waals surface area contributed by atoms with Gasteiger partial charge in [-0.2, -0.15) is 5.10 Å². The summed E-state index contributed by atoms with van der Waals surface area (Å²) in [6.07, 6.45) is 1.40. The average Bonchev–Trinajstić information content (AvgIpc) is 2.76. The van der Waals surface area contributed by atoms with Gasteiger partial charge in [0, 0.05) is 10.6 Å². The molecular weight excluding hydrogens is 498 g/mol. The van der Waals surface area contributed by atoms with Crippen LogP contribution in [0.15, 0.2) is 59.7 Å². The quantitative estimate of drug-likeness (QED) is 0.182. The summed E-state index contributed by atoms with van der Waals surface area (Å²) in [6.45, 7) is 0. The van der Waals surface area contributed by atoms with Crippen LogP contribution in [-0.4, -0.2) is 25.2 Å². The molecule has 0 heterocycles. The molecule has 0 radical (unpaired) electrons.